The maximum Gasteiger partial charge on any atom is 0.311 e. The molecule has 1 aliphatic rings. The highest BCUT2D eigenvalue weighted by Gasteiger charge is 2.47. The van der Waals surface area contributed by atoms with Crippen molar-refractivity contribution in [2.45, 2.75) is 52.2 Å². The van der Waals surface area contributed by atoms with Crippen LogP contribution in [0.15, 0.2) is 0 Å². The van der Waals surface area contributed by atoms with E-state index in [9.17, 15) is 9.90 Å². The van der Waals surface area contributed by atoms with Gasteiger partial charge < -0.3 is 15.6 Å². The first kappa shape index (κ1) is 15.4. The van der Waals surface area contributed by atoms with Crippen LogP contribution in [0.5, 0.6) is 0 Å². The van der Waals surface area contributed by atoms with E-state index in [0.717, 1.165) is 12.8 Å². The average molecular weight is 257 g/mol. The van der Waals surface area contributed by atoms with Gasteiger partial charge in [0.1, 0.15) is 0 Å². The van der Waals surface area contributed by atoms with Gasteiger partial charge in [0.25, 0.3) is 0 Å². The van der Waals surface area contributed by atoms with Crippen LogP contribution in [0.3, 0.4) is 0 Å². The lowest BCUT2D eigenvalue weighted by molar-refractivity contribution is -0.149. The van der Waals surface area contributed by atoms with Crippen molar-refractivity contribution in [3.8, 4) is 0 Å². The molecule has 0 aliphatic heterocycles. The van der Waals surface area contributed by atoms with E-state index in [4.69, 9.17) is 10.5 Å². The van der Waals surface area contributed by atoms with E-state index in [1.54, 1.807) is 0 Å². The summed E-state index contributed by atoms with van der Waals surface area (Å²) < 4.78 is 4.75. The van der Waals surface area contributed by atoms with E-state index < -0.39 is 12.0 Å². The van der Waals surface area contributed by atoms with Crippen molar-refractivity contribution in [1.29, 1.82) is 0 Å². The van der Waals surface area contributed by atoms with Crippen LogP contribution in [0.2, 0.25) is 0 Å². The van der Waals surface area contributed by atoms with Gasteiger partial charge in [0.2, 0.25) is 0 Å². The smallest absolute Gasteiger partial charge is 0.311 e. The lowest BCUT2D eigenvalue weighted by Crippen LogP contribution is -2.44. The molecule has 0 saturated heterocycles. The average Bonchev–Trinajstić information content (AvgIpc) is 2.65. The van der Waals surface area contributed by atoms with Crippen molar-refractivity contribution >= 4 is 5.97 Å². The van der Waals surface area contributed by atoms with Gasteiger partial charge in [-0.1, -0.05) is 33.6 Å². The van der Waals surface area contributed by atoms with Crippen LogP contribution in [-0.4, -0.2) is 30.3 Å². The number of aliphatic hydroxyl groups is 1. The number of esters is 1. The number of carbonyl (C=O) groups is 1. The topological polar surface area (TPSA) is 72.5 Å². The highest BCUT2D eigenvalue weighted by atomic mass is 16.5. The fraction of sp³-hybridized carbons (Fsp3) is 0.929. The molecule has 106 valence electrons. The number of rotatable bonds is 5. The molecule has 1 fully saturated rings. The highest BCUT2D eigenvalue weighted by molar-refractivity contribution is 5.73. The third kappa shape index (κ3) is 2.86. The molecule has 4 nitrogen and oxygen atoms in total. The molecule has 3 N–H and O–H groups in total. The minimum absolute atomic E-state index is 0.000926. The number of carbonyl (C=O) groups excluding carboxylic acids is 1. The van der Waals surface area contributed by atoms with Crippen LogP contribution in [0.1, 0.15) is 40.0 Å². The summed E-state index contributed by atoms with van der Waals surface area (Å²) in [5.41, 5.74) is 6.32. The molecule has 18 heavy (non-hydrogen) atoms. The number of nitrogens with two attached hydrogens (primary N) is 1. The fourth-order valence-electron chi connectivity index (χ4n) is 3.44. The minimum atomic E-state index is -0.664. The molecule has 0 amide bonds. The molecule has 1 aliphatic carbocycles. The summed E-state index contributed by atoms with van der Waals surface area (Å²) in [6, 6.07) is -0.0420. The minimum Gasteiger partial charge on any atom is -0.469 e. The summed E-state index contributed by atoms with van der Waals surface area (Å²) >= 11 is 0. The zero-order chi connectivity index (χ0) is 13.9. The largest absolute Gasteiger partial charge is 0.469 e. The van der Waals surface area contributed by atoms with Gasteiger partial charge in [0, 0.05) is 12.0 Å². The van der Waals surface area contributed by atoms with Gasteiger partial charge in [-0.2, -0.15) is 0 Å². The number of hydrogen-bond donors (Lipinski definition) is 2. The van der Waals surface area contributed by atoms with Crippen molar-refractivity contribution in [1.82, 2.24) is 0 Å². The van der Waals surface area contributed by atoms with Gasteiger partial charge in [-0.25, -0.2) is 0 Å². The molecule has 0 aromatic rings. The van der Waals surface area contributed by atoms with Crippen LogP contribution in [0, 0.1) is 23.7 Å². The van der Waals surface area contributed by atoms with Gasteiger partial charge in [0.15, 0.2) is 0 Å². The Kier molecular flexibility index (Phi) is 5.60. The van der Waals surface area contributed by atoms with Crippen molar-refractivity contribution in [2.24, 2.45) is 29.4 Å². The Morgan fingerprint density at radius 2 is 2.00 bits per heavy atom. The molecule has 1 saturated carbocycles. The summed E-state index contributed by atoms with van der Waals surface area (Å²) in [7, 11) is 1.37. The number of ether oxygens (including phenoxy) is 1. The molecule has 0 bridgehead atoms. The van der Waals surface area contributed by atoms with Gasteiger partial charge in [-0.3, -0.25) is 4.79 Å². The first-order chi connectivity index (χ1) is 8.47. The Labute approximate surface area is 110 Å². The molecular formula is C14H27NO3. The van der Waals surface area contributed by atoms with Crippen molar-refractivity contribution < 1.29 is 14.6 Å². The lowest BCUT2D eigenvalue weighted by Gasteiger charge is -2.32. The maximum atomic E-state index is 11.6. The van der Waals surface area contributed by atoms with Crippen molar-refractivity contribution in [2.75, 3.05) is 7.11 Å². The molecule has 5 atom stereocenters. The second kappa shape index (κ2) is 6.53. The van der Waals surface area contributed by atoms with Crippen LogP contribution < -0.4 is 5.73 Å². The van der Waals surface area contributed by atoms with Crippen LogP contribution in [-0.2, 0) is 9.53 Å². The van der Waals surface area contributed by atoms with Crippen LogP contribution in [0.25, 0.3) is 0 Å². The highest BCUT2D eigenvalue weighted by Crippen LogP contribution is 2.41. The Hall–Kier alpha value is -0.610. The monoisotopic (exact) mass is 257 g/mol. The number of methoxy groups -OCH3 is 1. The molecule has 0 radical (unpaired) electrons. The summed E-state index contributed by atoms with van der Waals surface area (Å²) in [6.07, 6.45) is 2.03. The van der Waals surface area contributed by atoms with E-state index in [0.29, 0.717) is 12.3 Å². The normalized spacial score (nSPS) is 33.7. The summed E-state index contributed by atoms with van der Waals surface area (Å²) in [5.74, 6) is -0.0498. The molecule has 1 rings (SSSR count). The molecule has 4 heteroatoms. The summed E-state index contributed by atoms with van der Waals surface area (Å²) in [5, 5.41) is 10.4. The Morgan fingerprint density at radius 1 is 1.44 bits per heavy atom. The Balaban J connectivity index is 2.80. The van der Waals surface area contributed by atoms with Gasteiger partial charge in [0.05, 0.1) is 19.1 Å². The summed E-state index contributed by atoms with van der Waals surface area (Å²) in [4.78, 5) is 11.6. The van der Waals surface area contributed by atoms with Gasteiger partial charge in [-0.15, -0.1) is 0 Å². The Morgan fingerprint density at radius 3 is 2.44 bits per heavy atom. The molecule has 0 heterocycles. The SMILES string of the molecule is CCC(CC)C(N)[C@@H]1[C@H](O)[C@@H](C(=O)OC)C[C@H]1C. The van der Waals surface area contributed by atoms with E-state index in [1.165, 1.54) is 7.11 Å². The Bertz CT molecular complexity index is 278. The predicted octanol–water partition coefficient (Wildman–Crippen LogP) is 1.56. The third-order valence-corrected chi connectivity index (χ3v) is 4.63. The molecule has 0 aromatic heterocycles. The molecule has 1 unspecified atom stereocenters. The standard InChI is InChI=1S/C14H27NO3/c1-5-9(6-2)12(15)11-8(3)7-10(13(11)16)14(17)18-4/h8-13,16H,5-7,15H2,1-4H3/t8-,10+,11-,12?,13-/m1/s1. The van der Waals surface area contributed by atoms with Crippen LogP contribution in [0.4, 0.5) is 0 Å². The van der Waals surface area contributed by atoms with E-state index in [-0.39, 0.29) is 23.8 Å². The van der Waals surface area contributed by atoms with Gasteiger partial charge >= 0.3 is 5.97 Å². The first-order valence-electron chi connectivity index (χ1n) is 6.99. The predicted molar refractivity (Wildman–Crippen MR) is 70.8 cm³/mol. The van der Waals surface area contributed by atoms with Crippen molar-refractivity contribution in [3.63, 3.8) is 0 Å². The molecule has 0 spiro atoms. The quantitative estimate of drug-likeness (QED) is 0.733. The summed E-state index contributed by atoms with van der Waals surface area (Å²) in [6.45, 7) is 6.31. The third-order valence-electron chi connectivity index (χ3n) is 4.63. The molecular weight excluding hydrogens is 230 g/mol. The second-order valence-electron chi connectivity index (χ2n) is 5.56. The van der Waals surface area contributed by atoms with E-state index in [2.05, 4.69) is 20.8 Å². The lowest BCUT2D eigenvalue weighted by atomic mass is 9.79. The first-order valence-corrected chi connectivity index (χ1v) is 6.99. The van der Waals surface area contributed by atoms with Crippen molar-refractivity contribution in [3.05, 3.63) is 0 Å². The fourth-order valence-corrected chi connectivity index (χ4v) is 3.44. The zero-order valence-electron chi connectivity index (χ0n) is 11.9. The second-order valence-corrected chi connectivity index (χ2v) is 5.56. The van der Waals surface area contributed by atoms with Gasteiger partial charge in [-0.05, 0) is 18.3 Å². The van der Waals surface area contributed by atoms with E-state index in [1.807, 2.05) is 0 Å². The molecule has 0 aromatic carbocycles. The maximum absolute atomic E-state index is 11.6. The van der Waals surface area contributed by atoms with E-state index >= 15 is 0 Å². The zero-order valence-corrected chi connectivity index (χ0v) is 11.9. The number of hydrogen-bond acceptors (Lipinski definition) is 4. The van der Waals surface area contributed by atoms with Crippen LogP contribution >= 0.6 is 0 Å². The number of aliphatic hydroxyl groups excluding tert-OH is 1.